The average molecular weight is 442 g/mol. The summed E-state index contributed by atoms with van der Waals surface area (Å²) in [6.45, 7) is 3.10. The van der Waals surface area contributed by atoms with E-state index in [2.05, 4.69) is 15.5 Å². The van der Waals surface area contributed by atoms with Crippen LogP contribution in [-0.2, 0) is 14.4 Å². The molecule has 2 saturated heterocycles. The Balaban J connectivity index is 1.41. The van der Waals surface area contributed by atoms with Crippen molar-refractivity contribution in [1.29, 1.82) is 0 Å². The molecule has 7 nitrogen and oxygen atoms in total. The van der Waals surface area contributed by atoms with E-state index in [9.17, 15) is 14.4 Å². The van der Waals surface area contributed by atoms with E-state index < -0.39 is 5.92 Å². The third-order valence-electron chi connectivity index (χ3n) is 5.60. The molecule has 1 unspecified atom stereocenters. The van der Waals surface area contributed by atoms with Gasteiger partial charge in [0.05, 0.1) is 17.5 Å². The molecule has 0 saturated carbocycles. The van der Waals surface area contributed by atoms with Crippen LogP contribution in [0.3, 0.4) is 0 Å². The fourth-order valence-electron chi connectivity index (χ4n) is 3.94. The van der Waals surface area contributed by atoms with E-state index in [1.165, 1.54) is 0 Å². The smallest absolute Gasteiger partial charge is 0.234 e. The highest BCUT2D eigenvalue weighted by atomic mass is 35.5. The van der Waals surface area contributed by atoms with E-state index in [1.807, 2.05) is 42.5 Å². The quantitative estimate of drug-likeness (QED) is 0.672. The molecule has 2 heterocycles. The highest BCUT2D eigenvalue weighted by Gasteiger charge is 2.30. The van der Waals surface area contributed by atoms with Crippen LogP contribution in [0.4, 0.5) is 0 Å². The van der Waals surface area contributed by atoms with Gasteiger partial charge in [0.2, 0.25) is 17.7 Å². The number of hydrogen-bond donors (Lipinski definition) is 2. The van der Waals surface area contributed by atoms with Crippen LogP contribution in [0.1, 0.15) is 24.3 Å². The van der Waals surface area contributed by atoms with E-state index in [4.69, 9.17) is 16.3 Å². The molecule has 2 N–H and O–H groups in total. The van der Waals surface area contributed by atoms with Gasteiger partial charge in [0.25, 0.3) is 0 Å². The summed E-state index contributed by atoms with van der Waals surface area (Å²) in [5, 5.41) is 5.72. The number of amides is 3. The molecular weight excluding hydrogens is 418 g/mol. The van der Waals surface area contributed by atoms with Gasteiger partial charge in [0, 0.05) is 31.6 Å². The maximum atomic E-state index is 12.2. The van der Waals surface area contributed by atoms with Gasteiger partial charge in [0.1, 0.15) is 12.4 Å². The maximum Gasteiger partial charge on any atom is 0.234 e. The summed E-state index contributed by atoms with van der Waals surface area (Å²) >= 11 is 6.67. The number of nitrogens with one attached hydrogen (secondary N) is 2. The molecule has 0 radical (unpaired) electrons. The molecule has 4 rings (SSSR count). The minimum atomic E-state index is -0.426. The first-order valence-electron chi connectivity index (χ1n) is 10.4. The first kappa shape index (κ1) is 21.3. The Hall–Kier alpha value is -2.90. The number of nitrogens with zero attached hydrogens (tertiary/aromatic N) is 1. The molecule has 0 aliphatic carbocycles. The van der Waals surface area contributed by atoms with Gasteiger partial charge in [-0.05, 0) is 29.7 Å². The van der Waals surface area contributed by atoms with Crippen LogP contribution in [0, 0.1) is 0 Å². The van der Waals surface area contributed by atoms with E-state index >= 15 is 0 Å². The highest BCUT2D eigenvalue weighted by molar-refractivity contribution is 6.34. The van der Waals surface area contributed by atoms with Crippen LogP contribution in [0.15, 0.2) is 42.5 Å². The summed E-state index contributed by atoms with van der Waals surface area (Å²) in [6.07, 6.45) is 0.768. The number of hydrogen-bond acceptors (Lipinski definition) is 5. The Morgan fingerprint density at radius 1 is 1.06 bits per heavy atom. The molecule has 162 valence electrons. The number of piperazine rings is 1. The third-order valence-corrected chi connectivity index (χ3v) is 6.02. The molecule has 0 aromatic heterocycles. The van der Waals surface area contributed by atoms with Crippen molar-refractivity contribution < 1.29 is 19.1 Å². The molecule has 2 aromatic carbocycles. The van der Waals surface area contributed by atoms with Gasteiger partial charge >= 0.3 is 0 Å². The lowest BCUT2D eigenvalue weighted by Crippen LogP contribution is -2.48. The number of piperidine rings is 1. The molecule has 2 aromatic rings. The lowest BCUT2D eigenvalue weighted by atomic mass is 9.88. The van der Waals surface area contributed by atoms with E-state index in [1.54, 1.807) is 0 Å². The first-order valence-corrected chi connectivity index (χ1v) is 10.7. The Bertz CT molecular complexity index is 993. The number of ether oxygens (including phenoxy) is 1. The number of benzene rings is 2. The molecule has 1 atom stereocenters. The van der Waals surface area contributed by atoms with Gasteiger partial charge in [-0.25, -0.2) is 0 Å². The molecule has 2 aliphatic heterocycles. The molecule has 31 heavy (non-hydrogen) atoms. The second-order valence-corrected chi connectivity index (χ2v) is 8.09. The summed E-state index contributed by atoms with van der Waals surface area (Å²) in [6, 6.07) is 13.2. The van der Waals surface area contributed by atoms with Gasteiger partial charge in [-0.2, -0.15) is 0 Å². The van der Waals surface area contributed by atoms with E-state index in [-0.39, 0.29) is 17.7 Å². The van der Waals surface area contributed by atoms with Crippen LogP contribution in [0.5, 0.6) is 5.75 Å². The number of imide groups is 1. The monoisotopic (exact) mass is 441 g/mol. The minimum absolute atomic E-state index is 0.0482. The van der Waals surface area contributed by atoms with Crippen LogP contribution in [0.2, 0.25) is 5.02 Å². The molecule has 0 spiro atoms. The fourth-order valence-corrected chi connectivity index (χ4v) is 4.30. The zero-order valence-electron chi connectivity index (χ0n) is 17.0. The third kappa shape index (κ3) is 5.06. The predicted octanol–water partition coefficient (Wildman–Crippen LogP) is 2.34. The molecular formula is C23H24ClN3O4. The van der Waals surface area contributed by atoms with Crippen molar-refractivity contribution in [3.8, 4) is 16.9 Å². The van der Waals surface area contributed by atoms with Crippen molar-refractivity contribution in [2.75, 3.05) is 32.8 Å². The van der Waals surface area contributed by atoms with E-state index in [0.717, 1.165) is 29.0 Å². The summed E-state index contributed by atoms with van der Waals surface area (Å²) in [7, 11) is 0. The van der Waals surface area contributed by atoms with Crippen LogP contribution in [-0.4, -0.2) is 55.4 Å². The molecule has 3 amide bonds. The normalized spacial score (nSPS) is 19.6. The number of carbonyl (C=O) groups is 3. The Labute approximate surface area is 185 Å². The maximum absolute atomic E-state index is 12.2. The fraction of sp³-hybridized carbons (Fsp3) is 0.348. The Morgan fingerprint density at radius 2 is 1.87 bits per heavy atom. The van der Waals surface area contributed by atoms with Crippen LogP contribution >= 0.6 is 11.6 Å². The summed E-state index contributed by atoms with van der Waals surface area (Å²) < 4.78 is 5.82. The van der Waals surface area contributed by atoms with Crippen molar-refractivity contribution in [1.82, 2.24) is 15.5 Å². The van der Waals surface area contributed by atoms with Crippen molar-refractivity contribution in [2.24, 2.45) is 0 Å². The Kier molecular flexibility index (Phi) is 6.53. The van der Waals surface area contributed by atoms with Crippen molar-refractivity contribution in [3.05, 3.63) is 53.1 Å². The van der Waals surface area contributed by atoms with Crippen LogP contribution in [0.25, 0.3) is 11.1 Å². The lowest BCUT2D eigenvalue weighted by Gasteiger charge is -2.26. The van der Waals surface area contributed by atoms with Gasteiger partial charge in [-0.15, -0.1) is 0 Å². The largest absolute Gasteiger partial charge is 0.492 e. The zero-order valence-corrected chi connectivity index (χ0v) is 17.8. The standard InChI is InChI=1S/C23H24ClN3O4/c24-22-17(2-1-3-18(22)19-8-9-20(28)26-23(19)30)15-4-6-16(7-5-15)31-13-12-27-11-10-25-21(29)14-27/h1-7,19H,8-14H2,(H,25,29)(H,26,28,30). The van der Waals surface area contributed by atoms with E-state index in [0.29, 0.717) is 44.1 Å². The van der Waals surface area contributed by atoms with Gasteiger partial charge in [-0.1, -0.05) is 41.9 Å². The molecule has 2 fully saturated rings. The summed E-state index contributed by atoms with van der Waals surface area (Å²) in [5.41, 5.74) is 2.48. The first-order chi connectivity index (χ1) is 15.0. The SMILES string of the molecule is O=C1CN(CCOc2ccc(-c3cccc(C4CCC(=O)NC4=O)c3Cl)cc2)CCN1. The number of halogens is 1. The van der Waals surface area contributed by atoms with Crippen molar-refractivity contribution in [2.45, 2.75) is 18.8 Å². The number of rotatable bonds is 6. The topological polar surface area (TPSA) is 87.7 Å². The average Bonchev–Trinajstić information content (AvgIpc) is 2.75. The molecule has 8 heteroatoms. The number of carbonyl (C=O) groups excluding carboxylic acids is 3. The lowest BCUT2D eigenvalue weighted by molar-refractivity contribution is -0.134. The highest BCUT2D eigenvalue weighted by Crippen LogP contribution is 2.37. The minimum Gasteiger partial charge on any atom is -0.492 e. The van der Waals surface area contributed by atoms with Gasteiger partial charge in [-0.3, -0.25) is 24.6 Å². The summed E-state index contributed by atoms with van der Waals surface area (Å²) in [5.74, 6) is -0.183. The summed E-state index contributed by atoms with van der Waals surface area (Å²) in [4.78, 5) is 37.2. The second-order valence-electron chi connectivity index (χ2n) is 7.71. The van der Waals surface area contributed by atoms with Gasteiger partial charge in [0.15, 0.2) is 0 Å². The van der Waals surface area contributed by atoms with Crippen molar-refractivity contribution in [3.63, 3.8) is 0 Å². The second kappa shape index (κ2) is 9.49. The Morgan fingerprint density at radius 3 is 2.61 bits per heavy atom. The zero-order chi connectivity index (χ0) is 21.8. The van der Waals surface area contributed by atoms with Crippen LogP contribution < -0.4 is 15.4 Å². The molecule has 2 aliphatic rings. The van der Waals surface area contributed by atoms with Gasteiger partial charge < -0.3 is 10.1 Å². The molecule has 0 bridgehead atoms. The predicted molar refractivity (Wildman–Crippen MR) is 117 cm³/mol. The van der Waals surface area contributed by atoms with Crippen molar-refractivity contribution >= 4 is 29.3 Å².